The normalized spacial score (nSPS) is 14.8. The van der Waals surface area contributed by atoms with Gasteiger partial charge in [-0.15, -0.1) is 5.73 Å². The van der Waals surface area contributed by atoms with Crippen LogP contribution < -0.4 is 0 Å². The number of benzene rings is 1. The van der Waals surface area contributed by atoms with Gasteiger partial charge in [0, 0.05) is 12.0 Å². The third-order valence-corrected chi connectivity index (χ3v) is 3.71. The molecule has 116 valence electrons. The zero-order chi connectivity index (χ0) is 16.2. The number of carbonyl (C=O) groups excluding carboxylic acids is 2. The van der Waals surface area contributed by atoms with Crippen LogP contribution in [0.25, 0.3) is 5.57 Å². The van der Waals surface area contributed by atoms with Crippen LogP contribution in [0.4, 0.5) is 0 Å². The molecule has 1 aromatic carbocycles. The topological polar surface area (TPSA) is 52.6 Å². The second-order valence-corrected chi connectivity index (χ2v) is 4.99. The van der Waals surface area contributed by atoms with Crippen molar-refractivity contribution in [2.24, 2.45) is 5.41 Å². The van der Waals surface area contributed by atoms with Gasteiger partial charge in [-0.2, -0.15) is 0 Å². The molecule has 1 aliphatic rings. The molecule has 0 aliphatic heterocycles. The zero-order valence-electron chi connectivity index (χ0n) is 13.1. The molecule has 0 heterocycles. The molecule has 0 amide bonds. The average molecular weight is 300 g/mol. The zero-order valence-corrected chi connectivity index (χ0v) is 13.1. The van der Waals surface area contributed by atoms with Crippen LogP contribution in [0.15, 0.2) is 36.1 Å². The Morgan fingerprint density at radius 1 is 1.18 bits per heavy atom. The number of hydrogen-bond donors (Lipinski definition) is 0. The second kappa shape index (κ2) is 6.63. The molecule has 2 rings (SSSR count). The van der Waals surface area contributed by atoms with E-state index in [1.54, 1.807) is 26.8 Å². The molecule has 1 aliphatic carbocycles. The summed E-state index contributed by atoms with van der Waals surface area (Å²) in [6.07, 6.45) is 1.95. The fraction of sp³-hybridized carbons (Fsp3) is 0.389. The van der Waals surface area contributed by atoms with Gasteiger partial charge in [-0.3, -0.25) is 9.59 Å². The molecule has 22 heavy (non-hydrogen) atoms. The number of hydrogen-bond acceptors (Lipinski definition) is 4. The van der Waals surface area contributed by atoms with E-state index in [1.807, 2.05) is 24.3 Å². The quantitative estimate of drug-likeness (QED) is 0.487. The Kier molecular flexibility index (Phi) is 4.84. The van der Waals surface area contributed by atoms with Gasteiger partial charge in [-0.25, -0.2) is 0 Å². The van der Waals surface area contributed by atoms with Crippen LogP contribution >= 0.6 is 0 Å². The summed E-state index contributed by atoms with van der Waals surface area (Å²) in [6, 6.07) is 7.56. The van der Waals surface area contributed by atoms with Crippen molar-refractivity contribution < 1.29 is 19.1 Å². The first-order valence-electron chi connectivity index (χ1n) is 7.46. The number of ether oxygens (including phenoxy) is 2. The second-order valence-electron chi connectivity index (χ2n) is 4.99. The van der Waals surface area contributed by atoms with E-state index in [1.165, 1.54) is 0 Å². The molecule has 0 atom stereocenters. The van der Waals surface area contributed by atoms with Gasteiger partial charge in [0.15, 0.2) is 0 Å². The molecule has 1 aromatic rings. The van der Waals surface area contributed by atoms with Crippen LogP contribution in [0.5, 0.6) is 0 Å². The van der Waals surface area contributed by atoms with Crippen LogP contribution in [-0.2, 0) is 25.5 Å². The van der Waals surface area contributed by atoms with E-state index in [-0.39, 0.29) is 19.6 Å². The maximum atomic E-state index is 12.6. The lowest BCUT2D eigenvalue weighted by molar-refractivity contribution is -0.166. The van der Waals surface area contributed by atoms with E-state index < -0.39 is 17.4 Å². The van der Waals surface area contributed by atoms with Gasteiger partial charge in [-0.05, 0) is 38.0 Å². The molecule has 0 bridgehead atoms. The van der Waals surface area contributed by atoms with Crippen molar-refractivity contribution in [2.45, 2.75) is 27.2 Å². The molecule has 0 radical (unpaired) electrons. The Bertz CT molecular complexity index is 633. The Morgan fingerprint density at radius 3 is 2.32 bits per heavy atom. The monoisotopic (exact) mass is 300 g/mol. The lowest BCUT2D eigenvalue weighted by atomic mass is 9.80. The van der Waals surface area contributed by atoms with E-state index in [0.29, 0.717) is 5.57 Å². The lowest BCUT2D eigenvalue weighted by Crippen LogP contribution is -2.42. The lowest BCUT2D eigenvalue weighted by Gasteiger charge is -2.25. The highest BCUT2D eigenvalue weighted by molar-refractivity contribution is 6.14. The maximum absolute atomic E-state index is 12.6. The van der Waals surface area contributed by atoms with Gasteiger partial charge in [0.1, 0.15) is 0 Å². The molecule has 0 saturated carbocycles. The summed E-state index contributed by atoms with van der Waals surface area (Å²) in [4.78, 5) is 25.3. The minimum atomic E-state index is -1.46. The predicted molar refractivity (Wildman–Crippen MR) is 83.0 cm³/mol. The van der Waals surface area contributed by atoms with E-state index in [9.17, 15) is 9.59 Å². The van der Waals surface area contributed by atoms with Crippen molar-refractivity contribution in [1.29, 1.82) is 0 Å². The summed E-state index contributed by atoms with van der Waals surface area (Å²) in [5, 5.41) is 0. The standard InChI is InChI=1S/C18H20O4/c1-4-9-15-14-11-8-7-10-13(14)12-18(15,16(19)21-5-2)17(20)22-6-3/h4,7-8,10-11H,5-6,12H2,1-3H3. The van der Waals surface area contributed by atoms with Crippen LogP contribution in [0.2, 0.25) is 0 Å². The van der Waals surface area contributed by atoms with Crippen molar-refractivity contribution >= 4 is 17.5 Å². The molecule has 0 spiro atoms. The number of rotatable bonds is 4. The maximum Gasteiger partial charge on any atom is 0.329 e. The highest BCUT2D eigenvalue weighted by Crippen LogP contribution is 2.48. The highest BCUT2D eigenvalue weighted by atomic mass is 16.6. The Balaban J connectivity index is 2.66. The fourth-order valence-electron chi connectivity index (χ4n) is 2.81. The summed E-state index contributed by atoms with van der Waals surface area (Å²) < 4.78 is 10.4. The van der Waals surface area contributed by atoms with Crippen LogP contribution in [-0.4, -0.2) is 25.2 Å². The van der Waals surface area contributed by atoms with Crippen molar-refractivity contribution in [3.05, 3.63) is 47.2 Å². The number of esters is 2. The first-order valence-corrected chi connectivity index (χ1v) is 7.46. The first kappa shape index (κ1) is 16.1. The molecule has 0 fully saturated rings. The van der Waals surface area contributed by atoms with Gasteiger partial charge in [-0.1, -0.05) is 24.3 Å². The summed E-state index contributed by atoms with van der Waals surface area (Å²) >= 11 is 0. The van der Waals surface area contributed by atoms with Gasteiger partial charge in [0.05, 0.1) is 13.2 Å². The van der Waals surface area contributed by atoms with Crippen LogP contribution in [0.3, 0.4) is 0 Å². The van der Waals surface area contributed by atoms with Gasteiger partial charge < -0.3 is 9.47 Å². The van der Waals surface area contributed by atoms with Crippen molar-refractivity contribution in [2.75, 3.05) is 13.2 Å². The van der Waals surface area contributed by atoms with E-state index in [4.69, 9.17) is 9.47 Å². The van der Waals surface area contributed by atoms with Crippen LogP contribution in [0, 0.1) is 5.41 Å². The molecule has 0 aromatic heterocycles. The number of carbonyl (C=O) groups is 2. The smallest absolute Gasteiger partial charge is 0.329 e. The molecule has 4 heteroatoms. The average Bonchev–Trinajstić information content (AvgIpc) is 2.84. The van der Waals surface area contributed by atoms with Gasteiger partial charge in [0.2, 0.25) is 5.41 Å². The predicted octanol–water partition coefficient (Wildman–Crippen LogP) is 2.91. The van der Waals surface area contributed by atoms with Crippen molar-refractivity contribution in [3.8, 4) is 0 Å². The van der Waals surface area contributed by atoms with Crippen molar-refractivity contribution in [3.63, 3.8) is 0 Å². The molecular weight excluding hydrogens is 280 g/mol. The number of fused-ring (bicyclic) bond motifs is 1. The molecular formula is C18H20O4. The van der Waals surface area contributed by atoms with E-state index in [0.717, 1.165) is 11.1 Å². The molecule has 4 nitrogen and oxygen atoms in total. The van der Waals surface area contributed by atoms with Crippen LogP contribution in [0.1, 0.15) is 31.9 Å². The summed E-state index contributed by atoms with van der Waals surface area (Å²) in [7, 11) is 0. The largest absolute Gasteiger partial charge is 0.465 e. The fourth-order valence-corrected chi connectivity index (χ4v) is 2.81. The Labute approximate surface area is 130 Å². The summed E-state index contributed by atoms with van der Waals surface area (Å²) in [5.41, 5.74) is 3.91. The Hall–Kier alpha value is -2.32. The van der Waals surface area contributed by atoms with E-state index in [2.05, 4.69) is 5.73 Å². The molecule has 0 N–H and O–H groups in total. The summed E-state index contributed by atoms with van der Waals surface area (Å²) in [6.45, 7) is 5.66. The van der Waals surface area contributed by atoms with Gasteiger partial charge in [0.25, 0.3) is 0 Å². The molecule has 0 saturated heterocycles. The molecule has 0 unspecified atom stereocenters. The van der Waals surface area contributed by atoms with Gasteiger partial charge >= 0.3 is 11.9 Å². The van der Waals surface area contributed by atoms with Crippen molar-refractivity contribution in [1.82, 2.24) is 0 Å². The Morgan fingerprint density at radius 2 is 1.77 bits per heavy atom. The minimum Gasteiger partial charge on any atom is -0.465 e. The SMILES string of the molecule is CC=C=C1c2ccccc2CC1(C(=O)OCC)C(=O)OCC. The third-order valence-electron chi connectivity index (χ3n) is 3.71. The minimum absolute atomic E-state index is 0.208. The van der Waals surface area contributed by atoms with E-state index >= 15 is 0 Å². The highest BCUT2D eigenvalue weighted by Gasteiger charge is 2.56. The summed E-state index contributed by atoms with van der Waals surface area (Å²) in [5.74, 6) is -1.15. The third kappa shape index (κ3) is 2.46. The first-order chi connectivity index (χ1) is 10.6.